The van der Waals surface area contributed by atoms with Gasteiger partial charge in [0.15, 0.2) is 0 Å². The van der Waals surface area contributed by atoms with Crippen molar-refractivity contribution in [3.8, 4) is 0 Å². The fourth-order valence-electron chi connectivity index (χ4n) is 4.83. The quantitative estimate of drug-likeness (QED) is 0.310. The molecule has 172 valence electrons. The first-order valence-corrected chi connectivity index (χ1v) is 14.8. The van der Waals surface area contributed by atoms with Crippen molar-refractivity contribution in [3.63, 3.8) is 0 Å². The van der Waals surface area contributed by atoms with Gasteiger partial charge >= 0.3 is 0 Å². The minimum Gasteiger partial charge on any atom is -0.0893 e. The molecule has 0 fully saturated rings. The molecule has 2 aromatic rings. The molecule has 0 amide bonds. The Morgan fingerprint density at radius 2 is 1.22 bits per heavy atom. The Morgan fingerprint density at radius 1 is 0.781 bits per heavy atom. The topological polar surface area (TPSA) is 0 Å². The molecule has 2 unspecified atom stereocenters. The van der Waals surface area contributed by atoms with Gasteiger partial charge in [-0.05, 0) is 93.9 Å². The Morgan fingerprint density at radius 3 is 1.56 bits per heavy atom. The second-order valence-corrected chi connectivity index (χ2v) is 14.1. The van der Waals surface area contributed by atoms with E-state index in [4.69, 9.17) is 0 Å². The van der Waals surface area contributed by atoms with E-state index in [1.54, 1.807) is 10.9 Å². The highest BCUT2D eigenvalue weighted by molar-refractivity contribution is 7.74. The molecular weight excluding hydrogens is 422 g/mol. The van der Waals surface area contributed by atoms with Crippen molar-refractivity contribution in [2.45, 2.75) is 97.8 Å². The lowest BCUT2D eigenvalue weighted by Crippen LogP contribution is -2.36. The average Bonchev–Trinajstić information content (AvgIpc) is 3.01. The standard InChI is InChI=1S/C30H42P2/c1-8-10-12-26-14-18-28(19-15-26)32(29-20-16-27(17-21-29)13-11-9-2)25(6)30(7)23(4)22(3)24(5)31-30/h14-21,25H,8-13H2,1-7H3. The molecule has 0 aromatic heterocycles. The SMILES string of the molecule is CCCCc1ccc(P(c2ccc(CCCC)cc2)C(C)C2(C)P=C(C)C(C)=C2C)cc1. The molecule has 0 aliphatic carbocycles. The Hall–Kier alpha value is -1.22. The predicted molar refractivity (Wildman–Crippen MR) is 150 cm³/mol. The van der Waals surface area contributed by atoms with Gasteiger partial charge in [-0.1, -0.05) is 95.9 Å². The summed E-state index contributed by atoms with van der Waals surface area (Å²) in [7, 11) is 1.06. The maximum absolute atomic E-state index is 2.52. The van der Waals surface area contributed by atoms with Crippen LogP contribution in [0, 0.1) is 0 Å². The van der Waals surface area contributed by atoms with E-state index >= 15 is 0 Å². The maximum Gasteiger partial charge on any atom is 0.0378 e. The molecule has 1 aliphatic heterocycles. The van der Waals surface area contributed by atoms with Crippen molar-refractivity contribution >= 4 is 32.0 Å². The fraction of sp³-hybridized carbons (Fsp3) is 0.500. The van der Waals surface area contributed by atoms with Crippen LogP contribution in [-0.2, 0) is 12.8 Å². The minimum absolute atomic E-state index is 0.210. The summed E-state index contributed by atoms with van der Waals surface area (Å²) >= 11 is 0. The van der Waals surface area contributed by atoms with Gasteiger partial charge in [-0.15, -0.1) is 0 Å². The molecular formula is C30H42P2. The number of hydrogen-bond donors (Lipinski definition) is 0. The van der Waals surface area contributed by atoms with Crippen LogP contribution >= 0.6 is 16.1 Å². The summed E-state index contributed by atoms with van der Waals surface area (Å²) in [6.07, 6.45) is 7.46. The van der Waals surface area contributed by atoms with Crippen molar-refractivity contribution in [1.29, 1.82) is 0 Å². The minimum atomic E-state index is -0.441. The van der Waals surface area contributed by atoms with Gasteiger partial charge < -0.3 is 0 Å². The molecule has 0 N–H and O–H groups in total. The van der Waals surface area contributed by atoms with Crippen molar-refractivity contribution < 1.29 is 0 Å². The van der Waals surface area contributed by atoms with E-state index in [0.717, 1.165) is 0 Å². The van der Waals surface area contributed by atoms with Gasteiger partial charge in [-0.2, -0.15) is 0 Å². The van der Waals surface area contributed by atoms with Crippen LogP contribution in [0.1, 0.15) is 85.3 Å². The van der Waals surface area contributed by atoms with Gasteiger partial charge in [-0.25, -0.2) is 0 Å². The zero-order valence-electron chi connectivity index (χ0n) is 21.3. The average molecular weight is 465 g/mol. The van der Waals surface area contributed by atoms with Crippen molar-refractivity contribution in [2.75, 3.05) is 0 Å². The van der Waals surface area contributed by atoms with E-state index in [1.807, 2.05) is 0 Å². The lowest BCUT2D eigenvalue weighted by Gasteiger charge is -2.38. The van der Waals surface area contributed by atoms with Crippen LogP contribution in [0.3, 0.4) is 0 Å². The largest absolute Gasteiger partial charge is 0.0893 e. The van der Waals surface area contributed by atoms with E-state index in [2.05, 4.69) is 97.0 Å². The number of aryl methyl sites for hydroxylation is 2. The molecule has 0 bridgehead atoms. The smallest absolute Gasteiger partial charge is 0.0378 e. The maximum atomic E-state index is 2.52. The summed E-state index contributed by atoms with van der Waals surface area (Å²) in [6, 6.07) is 19.3. The van der Waals surface area contributed by atoms with Gasteiger partial charge in [0, 0.05) is 10.8 Å². The normalized spacial score (nSPS) is 20.1. The highest BCUT2D eigenvalue weighted by Crippen LogP contribution is 2.55. The molecule has 0 saturated heterocycles. The number of benzene rings is 2. The summed E-state index contributed by atoms with van der Waals surface area (Å²) < 4.78 is 0. The van der Waals surface area contributed by atoms with Gasteiger partial charge in [0.05, 0.1) is 0 Å². The summed E-state index contributed by atoms with van der Waals surface area (Å²) in [4.78, 5) is 0. The van der Waals surface area contributed by atoms with Crippen LogP contribution in [0.4, 0.5) is 0 Å². The molecule has 0 saturated carbocycles. The molecule has 0 radical (unpaired) electrons. The third kappa shape index (κ3) is 5.46. The van der Waals surface area contributed by atoms with E-state index in [1.165, 1.54) is 74.0 Å². The van der Waals surface area contributed by atoms with E-state index in [-0.39, 0.29) is 5.16 Å². The van der Waals surface area contributed by atoms with Crippen molar-refractivity contribution in [1.82, 2.24) is 0 Å². The number of hydrogen-bond acceptors (Lipinski definition) is 0. The first kappa shape index (κ1) is 25.4. The van der Waals surface area contributed by atoms with E-state index in [0.29, 0.717) is 5.66 Å². The third-order valence-electron chi connectivity index (χ3n) is 7.53. The zero-order chi connectivity index (χ0) is 23.3. The molecule has 32 heavy (non-hydrogen) atoms. The Kier molecular flexibility index (Phi) is 8.95. The first-order valence-electron chi connectivity index (χ1n) is 12.5. The van der Waals surface area contributed by atoms with E-state index in [9.17, 15) is 0 Å². The van der Waals surface area contributed by atoms with E-state index < -0.39 is 7.92 Å². The van der Waals surface area contributed by atoms with Gasteiger partial charge in [0.2, 0.25) is 0 Å². The van der Waals surface area contributed by atoms with Gasteiger partial charge in [-0.3, -0.25) is 0 Å². The Balaban J connectivity index is 2.00. The van der Waals surface area contributed by atoms with Crippen LogP contribution in [0.25, 0.3) is 0 Å². The van der Waals surface area contributed by atoms with Gasteiger partial charge in [0.25, 0.3) is 0 Å². The second kappa shape index (κ2) is 11.3. The lowest BCUT2D eigenvalue weighted by atomic mass is 9.93. The van der Waals surface area contributed by atoms with Crippen molar-refractivity contribution in [2.24, 2.45) is 0 Å². The Bertz CT molecular complexity index is 898. The van der Waals surface area contributed by atoms with Crippen LogP contribution < -0.4 is 10.6 Å². The third-order valence-corrected chi connectivity index (χ3v) is 12.6. The Labute approximate surface area is 200 Å². The number of unbranched alkanes of at least 4 members (excludes halogenated alkanes) is 2. The summed E-state index contributed by atoms with van der Waals surface area (Å²) in [6.45, 7) is 16.6. The summed E-state index contributed by atoms with van der Waals surface area (Å²) in [5.41, 5.74) is 6.66. The molecule has 0 nitrogen and oxygen atoms in total. The number of allylic oxidation sites excluding steroid dienone is 2. The van der Waals surface area contributed by atoms with Crippen LogP contribution in [-0.4, -0.2) is 16.1 Å². The molecule has 3 rings (SSSR count). The highest BCUT2D eigenvalue weighted by Gasteiger charge is 2.41. The van der Waals surface area contributed by atoms with Crippen molar-refractivity contribution in [3.05, 3.63) is 70.8 Å². The van der Waals surface area contributed by atoms with Gasteiger partial charge in [0.1, 0.15) is 0 Å². The first-order chi connectivity index (χ1) is 15.3. The molecule has 1 heterocycles. The predicted octanol–water partition coefficient (Wildman–Crippen LogP) is 8.44. The molecule has 0 spiro atoms. The number of rotatable bonds is 10. The molecule has 2 aromatic carbocycles. The lowest BCUT2D eigenvalue weighted by molar-refractivity contribution is 0.722. The van der Waals surface area contributed by atoms with Crippen LogP contribution in [0.5, 0.6) is 0 Å². The summed E-state index contributed by atoms with van der Waals surface area (Å²) in [5, 5.41) is 4.82. The fourth-order valence-corrected chi connectivity index (χ4v) is 9.73. The molecule has 2 atom stereocenters. The summed E-state index contributed by atoms with van der Waals surface area (Å²) in [5.74, 6) is 0. The molecule has 1 aliphatic rings. The molecule has 2 heteroatoms. The monoisotopic (exact) mass is 464 g/mol. The van der Waals surface area contributed by atoms with Crippen LogP contribution in [0.2, 0.25) is 0 Å². The highest BCUT2D eigenvalue weighted by atomic mass is 31.1. The zero-order valence-corrected chi connectivity index (χ0v) is 23.1. The second-order valence-electron chi connectivity index (χ2n) is 9.68. The van der Waals surface area contributed by atoms with Crippen LogP contribution in [0.15, 0.2) is 59.7 Å².